The molecule has 1 atom stereocenters. The molecular formula is C16H17ClN2OS. The van der Waals surface area contributed by atoms with Crippen molar-refractivity contribution < 1.29 is 4.79 Å². The monoisotopic (exact) mass is 320 g/mol. The molecule has 0 saturated heterocycles. The topological polar surface area (TPSA) is 46.3 Å². The number of fused-ring (bicyclic) bond motifs is 1. The van der Waals surface area contributed by atoms with E-state index in [0.717, 1.165) is 19.4 Å². The minimum Gasteiger partial charge on any atom is -0.398 e. The second kappa shape index (κ2) is 5.70. The van der Waals surface area contributed by atoms with Gasteiger partial charge in [0.25, 0.3) is 5.91 Å². The summed E-state index contributed by atoms with van der Waals surface area (Å²) in [4.78, 5) is 16.2. The molecule has 2 N–H and O–H groups in total. The zero-order valence-corrected chi connectivity index (χ0v) is 13.4. The van der Waals surface area contributed by atoms with Gasteiger partial charge in [-0.15, -0.1) is 11.3 Å². The number of nitrogen functional groups attached to an aromatic ring is 1. The van der Waals surface area contributed by atoms with Crippen LogP contribution >= 0.6 is 22.9 Å². The van der Waals surface area contributed by atoms with Crippen LogP contribution in [0.3, 0.4) is 0 Å². The lowest BCUT2D eigenvalue weighted by Crippen LogP contribution is -2.39. The zero-order chi connectivity index (χ0) is 15.0. The van der Waals surface area contributed by atoms with Crippen LogP contribution < -0.4 is 5.73 Å². The zero-order valence-electron chi connectivity index (χ0n) is 11.8. The van der Waals surface area contributed by atoms with E-state index in [-0.39, 0.29) is 11.9 Å². The van der Waals surface area contributed by atoms with Gasteiger partial charge >= 0.3 is 0 Å². The third kappa shape index (κ3) is 2.43. The van der Waals surface area contributed by atoms with E-state index in [4.69, 9.17) is 17.3 Å². The Morgan fingerprint density at radius 3 is 3.05 bits per heavy atom. The number of rotatable bonds is 2. The Kier molecular flexibility index (Phi) is 3.91. The van der Waals surface area contributed by atoms with E-state index in [1.54, 1.807) is 29.5 Å². The number of hydrogen-bond acceptors (Lipinski definition) is 3. The average Bonchev–Trinajstić information content (AvgIpc) is 2.96. The van der Waals surface area contributed by atoms with Gasteiger partial charge in [0.1, 0.15) is 0 Å². The minimum atomic E-state index is -0.0315. The van der Waals surface area contributed by atoms with Crippen molar-refractivity contribution in [2.45, 2.75) is 25.8 Å². The van der Waals surface area contributed by atoms with Gasteiger partial charge in [-0.2, -0.15) is 0 Å². The Morgan fingerprint density at radius 2 is 2.29 bits per heavy atom. The number of amides is 1. The van der Waals surface area contributed by atoms with Crippen LogP contribution in [0.15, 0.2) is 29.6 Å². The highest BCUT2D eigenvalue weighted by atomic mass is 35.5. The molecule has 1 unspecified atom stereocenters. The molecule has 1 aromatic heterocycles. The van der Waals surface area contributed by atoms with Crippen molar-refractivity contribution in [2.75, 3.05) is 12.3 Å². The van der Waals surface area contributed by atoms with Crippen molar-refractivity contribution in [3.8, 4) is 0 Å². The molecule has 21 heavy (non-hydrogen) atoms. The number of carbonyl (C=O) groups is 1. The number of nitrogens with zero attached hydrogens (tertiary/aromatic N) is 1. The van der Waals surface area contributed by atoms with Gasteiger partial charge in [-0.3, -0.25) is 4.79 Å². The van der Waals surface area contributed by atoms with Gasteiger partial charge in [0.05, 0.1) is 22.3 Å². The molecular weight excluding hydrogens is 304 g/mol. The first-order valence-corrected chi connectivity index (χ1v) is 8.30. The number of thiophene rings is 1. The lowest BCUT2D eigenvalue weighted by atomic mass is 9.97. The van der Waals surface area contributed by atoms with Crippen molar-refractivity contribution in [3.05, 3.63) is 50.7 Å². The summed E-state index contributed by atoms with van der Waals surface area (Å²) in [6.45, 7) is 2.84. The lowest BCUT2D eigenvalue weighted by molar-refractivity contribution is 0.0657. The summed E-state index contributed by atoms with van der Waals surface area (Å²) in [5, 5.41) is 2.46. The Hall–Kier alpha value is -1.52. The number of anilines is 1. The fourth-order valence-corrected chi connectivity index (χ4v) is 4.08. The largest absolute Gasteiger partial charge is 0.398 e. The highest BCUT2D eigenvalue weighted by molar-refractivity contribution is 7.10. The van der Waals surface area contributed by atoms with Gasteiger partial charge in [0.2, 0.25) is 0 Å². The van der Waals surface area contributed by atoms with Crippen LogP contribution in [0.25, 0.3) is 0 Å². The Balaban J connectivity index is 1.97. The number of halogens is 1. The van der Waals surface area contributed by atoms with Crippen LogP contribution in [0, 0.1) is 0 Å². The summed E-state index contributed by atoms with van der Waals surface area (Å²) < 4.78 is 0. The van der Waals surface area contributed by atoms with Crippen molar-refractivity contribution in [1.82, 2.24) is 4.90 Å². The van der Waals surface area contributed by atoms with Crippen LogP contribution in [0.4, 0.5) is 5.69 Å². The molecule has 3 rings (SSSR count). The van der Waals surface area contributed by atoms with Crippen LogP contribution in [0.5, 0.6) is 0 Å². The van der Waals surface area contributed by atoms with E-state index >= 15 is 0 Å². The van der Waals surface area contributed by atoms with E-state index in [2.05, 4.69) is 18.4 Å². The maximum absolute atomic E-state index is 12.9. The normalized spacial score (nSPS) is 17.6. The van der Waals surface area contributed by atoms with Crippen molar-refractivity contribution in [2.24, 2.45) is 0 Å². The minimum absolute atomic E-state index is 0.0315. The predicted octanol–water partition coefficient (Wildman–Crippen LogP) is 4.13. The molecule has 0 spiro atoms. The van der Waals surface area contributed by atoms with E-state index in [1.807, 2.05) is 4.90 Å². The first-order chi connectivity index (χ1) is 10.1. The molecule has 1 aromatic carbocycles. The molecule has 0 radical (unpaired) electrons. The standard InChI is InChI=1S/C16H17ClN2OS/c1-2-13-10-7-9-21-14(10)6-8-19(13)16(20)11-4-3-5-12(18)15(11)17/h3-5,7,9,13H,2,6,8,18H2,1H3. The SMILES string of the molecule is CCC1c2ccsc2CCN1C(=O)c1cccc(N)c1Cl. The Labute approximate surface area is 133 Å². The predicted molar refractivity (Wildman–Crippen MR) is 88.0 cm³/mol. The van der Waals surface area contributed by atoms with Crippen LogP contribution in [0.2, 0.25) is 5.02 Å². The summed E-state index contributed by atoms with van der Waals surface area (Å²) in [6.07, 6.45) is 1.81. The second-order valence-corrected chi connectivity index (χ2v) is 6.56. The van der Waals surface area contributed by atoms with Gasteiger partial charge in [-0.05, 0) is 42.0 Å². The van der Waals surface area contributed by atoms with Gasteiger partial charge in [-0.1, -0.05) is 24.6 Å². The number of hydrogen-bond donors (Lipinski definition) is 1. The molecule has 3 nitrogen and oxygen atoms in total. The number of benzene rings is 1. The number of nitrogens with two attached hydrogens (primary N) is 1. The molecule has 2 aromatic rings. The Bertz CT molecular complexity index is 683. The Morgan fingerprint density at radius 1 is 1.48 bits per heavy atom. The summed E-state index contributed by atoms with van der Waals surface area (Å²) >= 11 is 7.98. The summed E-state index contributed by atoms with van der Waals surface area (Å²) in [7, 11) is 0. The van der Waals surface area contributed by atoms with Gasteiger partial charge in [-0.25, -0.2) is 0 Å². The molecule has 110 valence electrons. The molecule has 2 heterocycles. The highest BCUT2D eigenvalue weighted by Gasteiger charge is 2.31. The van der Waals surface area contributed by atoms with Gasteiger partial charge in [0.15, 0.2) is 0 Å². The number of carbonyl (C=O) groups excluding carboxylic acids is 1. The molecule has 1 aliphatic heterocycles. The quantitative estimate of drug-likeness (QED) is 0.845. The first kappa shape index (κ1) is 14.4. The third-order valence-electron chi connectivity index (χ3n) is 4.00. The fourth-order valence-electron chi connectivity index (χ4n) is 2.95. The summed E-state index contributed by atoms with van der Waals surface area (Å²) in [6, 6.07) is 7.50. The summed E-state index contributed by atoms with van der Waals surface area (Å²) in [5.41, 5.74) is 8.04. The van der Waals surface area contributed by atoms with Crippen molar-refractivity contribution in [1.29, 1.82) is 0 Å². The van der Waals surface area contributed by atoms with E-state index in [9.17, 15) is 4.79 Å². The second-order valence-electron chi connectivity index (χ2n) is 5.18. The van der Waals surface area contributed by atoms with Crippen LogP contribution in [-0.2, 0) is 6.42 Å². The molecule has 1 aliphatic rings. The van der Waals surface area contributed by atoms with Crippen LogP contribution in [0.1, 0.15) is 40.2 Å². The van der Waals surface area contributed by atoms with Gasteiger partial charge < -0.3 is 10.6 Å². The lowest BCUT2D eigenvalue weighted by Gasteiger charge is -2.35. The van der Waals surface area contributed by atoms with Crippen molar-refractivity contribution in [3.63, 3.8) is 0 Å². The third-order valence-corrected chi connectivity index (χ3v) is 5.42. The fraction of sp³-hybridized carbons (Fsp3) is 0.312. The first-order valence-electron chi connectivity index (χ1n) is 7.04. The van der Waals surface area contributed by atoms with E-state index in [1.165, 1.54) is 10.4 Å². The molecule has 0 bridgehead atoms. The highest BCUT2D eigenvalue weighted by Crippen LogP contribution is 2.37. The molecule has 5 heteroatoms. The molecule has 0 aliphatic carbocycles. The van der Waals surface area contributed by atoms with Crippen molar-refractivity contribution >= 4 is 34.5 Å². The smallest absolute Gasteiger partial charge is 0.255 e. The van der Waals surface area contributed by atoms with Crippen LogP contribution in [-0.4, -0.2) is 17.4 Å². The maximum atomic E-state index is 12.9. The molecule has 0 fully saturated rings. The molecule has 0 saturated carbocycles. The summed E-state index contributed by atoms with van der Waals surface area (Å²) in [5.74, 6) is -0.0315. The van der Waals surface area contributed by atoms with E-state index < -0.39 is 0 Å². The average molecular weight is 321 g/mol. The van der Waals surface area contributed by atoms with Gasteiger partial charge in [0, 0.05) is 11.4 Å². The van der Waals surface area contributed by atoms with E-state index in [0.29, 0.717) is 16.3 Å². The molecule has 1 amide bonds. The maximum Gasteiger partial charge on any atom is 0.255 e.